The molecule has 0 aromatic heterocycles. The second-order valence-electron chi connectivity index (χ2n) is 5.38. The Labute approximate surface area is 119 Å². The van der Waals surface area contributed by atoms with E-state index in [1.54, 1.807) is 6.07 Å². The zero-order valence-electron chi connectivity index (χ0n) is 11.7. The molecular formula is C15H22FN3O. The maximum absolute atomic E-state index is 13.6. The molecule has 5 heteroatoms. The van der Waals surface area contributed by atoms with Crippen LogP contribution in [0.15, 0.2) is 23.4 Å². The highest BCUT2D eigenvalue weighted by Gasteiger charge is 2.11. The molecule has 0 bridgehead atoms. The number of hydrogen-bond donors (Lipinski definition) is 2. The van der Waals surface area contributed by atoms with Crippen molar-refractivity contribution in [3.8, 4) is 0 Å². The van der Waals surface area contributed by atoms with Gasteiger partial charge in [0, 0.05) is 12.1 Å². The number of rotatable bonds is 3. The molecular weight excluding hydrogens is 257 g/mol. The summed E-state index contributed by atoms with van der Waals surface area (Å²) in [5.41, 5.74) is 6.82. The lowest BCUT2D eigenvalue weighted by Crippen LogP contribution is -2.27. The maximum atomic E-state index is 13.6. The highest BCUT2D eigenvalue weighted by atomic mass is 19.1. The summed E-state index contributed by atoms with van der Waals surface area (Å²) in [5, 5.41) is 11.6. The third-order valence-corrected chi connectivity index (χ3v) is 3.72. The summed E-state index contributed by atoms with van der Waals surface area (Å²) in [7, 11) is 0. The quantitative estimate of drug-likeness (QED) is 0.387. The van der Waals surface area contributed by atoms with Crippen LogP contribution in [0.4, 0.5) is 4.39 Å². The van der Waals surface area contributed by atoms with Gasteiger partial charge in [-0.05, 0) is 49.7 Å². The van der Waals surface area contributed by atoms with Gasteiger partial charge in [0.15, 0.2) is 5.84 Å². The maximum Gasteiger partial charge on any atom is 0.170 e. The van der Waals surface area contributed by atoms with E-state index in [4.69, 9.17) is 10.9 Å². The summed E-state index contributed by atoms with van der Waals surface area (Å²) in [5.74, 6) is -0.408. The lowest BCUT2D eigenvalue weighted by Gasteiger charge is -2.24. The van der Waals surface area contributed by atoms with Gasteiger partial charge < -0.3 is 10.9 Å². The zero-order valence-corrected chi connectivity index (χ0v) is 11.7. The van der Waals surface area contributed by atoms with Crippen LogP contribution in [0.2, 0.25) is 0 Å². The highest BCUT2D eigenvalue weighted by molar-refractivity contribution is 5.97. The van der Waals surface area contributed by atoms with Crippen molar-refractivity contribution in [1.29, 1.82) is 0 Å². The van der Waals surface area contributed by atoms with E-state index in [1.807, 2.05) is 0 Å². The molecule has 1 aromatic carbocycles. The first-order valence-corrected chi connectivity index (χ1v) is 7.19. The lowest BCUT2D eigenvalue weighted by atomic mass is 10.1. The van der Waals surface area contributed by atoms with E-state index < -0.39 is 0 Å². The van der Waals surface area contributed by atoms with Gasteiger partial charge in [0.05, 0.1) is 0 Å². The van der Waals surface area contributed by atoms with Crippen LogP contribution in [0.5, 0.6) is 0 Å². The molecule has 0 spiro atoms. The van der Waals surface area contributed by atoms with Crippen molar-refractivity contribution in [3.63, 3.8) is 0 Å². The fourth-order valence-electron chi connectivity index (χ4n) is 2.68. The molecule has 4 nitrogen and oxygen atoms in total. The van der Waals surface area contributed by atoms with Gasteiger partial charge in [0.1, 0.15) is 5.82 Å². The molecule has 1 saturated heterocycles. The van der Waals surface area contributed by atoms with Gasteiger partial charge >= 0.3 is 0 Å². The lowest BCUT2D eigenvalue weighted by molar-refractivity contribution is 0.239. The third kappa shape index (κ3) is 4.20. The molecule has 0 unspecified atom stereocenters. The third-order valence-electron chi connectivity index (χ3n) is 3.72. The molecule has 0 saturated carbocycles. The van der Waals surface area contributed by atoms with E-state index >= 15 is 0 Å². The first-order valence-electron chi connectivity index (χ1n) is 7.19. The number of likely N-dealkylation sites (tertiary alicyclic amines) is 1. The molecule has 1 aromatic rings. The molecule has 1 aliphatic heterocycles. The number of halogens is 1. The van der Waals surface area contributed by atoms with Crippen LogP contribution in [0, 0.1) is 5.82 Å². The van der Waals surface area contributed by atoms with Crippen LogP contribution >= 0.6 is 0 Å². The monoisotopic (exact) mass is 279 g/mol. The first-order chi connectivity index (χ1) is 9.69. The average molecular weight is 279 g/mol. The molecule has 3 N–H and O–H groups in total. The molecule has 20 heavy (non-hydrogen) atoms. The number of nitrogens with two attached hydrogens (primary N) is 1. The smallest absolute Gasteiger partial charge is 0.170 e. The van der Waals surface area contributed by atoms with Crippen molar-refractivity contribution in [2.75, 3.05) is 13.1 Å². The van der Waals surface area contributed by atoms with Crippen molar-refractivity contribution in [1.82, 2.24) is 4.90 Å². The Bertz CT molecular complexity index is 468. The second-order valence-corrected chi connectivity index (χ2v) is 5.38. The van der Waals surface area contributed by atoms with Gasteiger partial charge in [0.25, 0.3) is 0 Å². The Morgan fingerprint density at radius 3 is 2.45 bits per heavy atom. The first kappa shape index (κ1) is 14.8. The number of benzene rings is 1. The van der Waals surface area contributed by atoms with Crippen LogP contribution in [0.1, 0.15) is 43.2 Å². The minimum atomic E-state index is -0.351. The SMILES string of the molecule is N/C(=N/O)c1cc(F)cc(CN2CCCCCCC2)c1. The predicted molar refractivity (Wildman–Crippen MR) is 77.3 cm³/mol. The van der Waals surface area contributed by atoms with E-state index in [-0.39, 0.29) is 11.7 Å². The summed E-state index contributed by atoms with van der Waals surface area (Å²) >= 11 is 0. The second kappa shape index (κ2) is 7.24. The fraction of sp³-hybridized carbons (Fsp3) is 0.533. The summed E-state index contributed by atoms with van der Waals surface area (Å²) < 4.78 is 13.6. The van der Waals surface area contributed by atoms with Gasteiger partial charge in [0.2, 0.25) is 0 Å². The molecule has 0 aliphatic carbocycles. The molecule has 0 amide bonds. The van der Waals surface area contributed by atoms with Crippen molar-refractivity contribution in [3.05, 3.63) is 35.1 Å². The van der Waals surface area contributed by atoms with Crippen LogP contribution in [0.25, 0.3) is 0 Å². The van der Waals surface area contributed by atoms with E-state index in [2.05, 4.69) is 10.1 Å². The number of oxime groups is 1. The summed E-state index contributed by atoms with van der Waals surface area (Å²) in [6, 6.07) is 4.59. The molecule has 1 aliphatic rings. The van der Waals surface area contributed by atoms with E-state index in [1.165, 1.54) is 44.2 Å². The molecule has 1 heterocycles. The van der Waals surface area contributed by atoms with Crippen molar-refractivity contribution in [2.45, 2.75) is 38.6 Å². The Morgan fingerprint density at radius 2 is 1.80 bits per heavy atom. The summed E-state index contributed by atoms with van der Waals surface area (Å²) in [6.45, 7) is 2.81. The van der Waals surface area contributed by atoms with Gasteiger partial charge in [-0.15, -0.1) is 0 Å². The largest absolute Gasteiger partial charge is 0.409 e. The standard InChI is InChI=1S/C15H22FN3O/c16-14-9-12(8-13(10-14)15(17)18-20)11-19-6-4-2-1-3-5-7-19/h8-10,20H,1-7,11H2,(H2,17,18). The minimum absolute atomic E-state index is 0.0570. The van der Waals surface area contributed by atoms with Gasteiger partial charge in [-0.1, -0.05) is 24.4 Å². The average Bonchev–Trinajstić information content (AvgIpc) is 2.40. The van der Waals surface area contributed by atoms with Crippen LogP contribution < -0.4 is 5.73 Å². The molecule has 2 rings (SSSR count). The van der Waals surface area contributed by atoms with Gasteiger partial charge in [-0.2, -0.15) is 0 Å². The Kier molecular flexibility index (Phi) is 5.35. The summed E-state index contributed by atoms with van der Waals surface area (Å²) in [4.78, 5) is 2.35. The highest BCUT2D eigenvalue weighted by Crippen LogP contribution is 2.15. The molecule has 0 atom stereocenters. The van der Waals surface area contributed by atoms with Crippen LogP contribution in [-0.2, 0) is 6.54 Å². The minimum Gasteiger partial charge on any atom is -0.409 e. The predicted octanol–water partition coefficient (Wildman–Crippen LogP) is 2.69. The van der Waals surface area contributed by atoms with Crippen molar-refractivity contribution in [2.24, 2.45) is 10.9 Å². The van der Waals surface area contributed by atoms with Crippen molar-refractivity contribution < 1.29 is 9.60 Å². The normalized spacial score (nSPS) is 18.6. The number of nitrogens with zero attached hydrogens (tertiary/aromatic N) is 2. The fourth-order valence-corrected chi connectivity index (χ4v) is 2.68. The Morgan fingerprint density at radius 1 is 1.15 bits per heavy atom. The van der Waals surface area contributed by atoms with E-state index in [9.17, 15) is 4.39 Å². The Balaban J connectivity index is 2.09. The number of amidine groups is 1. The topological polar surface area (TPSA) is 61.9 Å². The molecule has 110 valence electrons. The van der Waals surface area contributed by atoms with Gasteiger partial charge in [-0.25, -0.2) is 4.39 Å². The van der Waals surface area contributed by atoms with Gasteiger partial charge in [-0.3, -0.25) is 4.90 Å². The Hall–Kier alpha value is -1.62. The molecule has 1 fully saturated rings. The van der Waals surface area contributed by atoms with E-state index in [0.29, 0.717) is 12.1 Å². The van der Waals surface area contributed by atoms with Crippen molar-refractivity contribution >= 4 is 5.84 Å². The number of hydrogen-bond acceptors (Lipinski definition) is 3. The summed E-state index contributed by atoms with van der Waals surface area (Å²) in [6.07, 6.45) is 6.26. The van der Waals surface area contributed by atoms with Crippen LogP contribution in [0.3, 0.4) is 0 Å². The van der Waals surface area contributed by atoms with E-state index in [0.717, 1.165) is 18.7 Å². The van der Waals surface area contributed by atoms with Crippen LogP contribution in [-0.4, -0.2) is 29.0 Å². The molecule has 0 radical (unpaired) electrons. The zero-order chi connectivity index (χ0) is 14.4.